The van der Waals surface area contributed by atoms with Crippen molar-refractivity contribution in [2.45, 2.75) is 72.6 Å². The number of unbranched alkanes of at least 4 members (excludes halogenated alkanes) is 2. The van der Waals surface area contributed by atoms with Crippen molar-refractivity contribution in [2.75, 3.05) is 20.1 Å². The van der Waals surface area contributed by atoms with Crippen molar-refractivity contribution in [2.24, 2.45) is 5.41 Å². The molecule has 0 unspecified atom stereocenters. The third kappa shape index (κ3) is 6.86. The summed E-state index contributed by atoms with van der Waals surface area (Å²) in [6.07, 6.45) is 13.2. The van der Waals surface area contributed by atoms with E-state index < -0.39 is 0 Å². The standard InChI is InChI=1S/C14H12N4O2.C13H27N/c1-8-15-6-12(18-17-8)11-4-3-10(5-13(11)19)14-7-16-9(2)20-14;1-4-6-7-8-13(5-2)9-11-14(3)12-10-13/h3-7,19H,1-2H3;4-12H2,1-3H3. The molecule has 1 aliphatic heterocycles. The Morgan fingerprint density at radius 3 is 2.35 bits per heavy atom. The summed E-state index contributed by atoms with van der Waals surface area (Å²) in [7, 11) is 2.26. The molecule has 34 heavy (non-hydrogen) atoms. The van der Waals surface area contributed by atoms with Gasteiger partial charge in [-0.15, -0.1) is 10.2 Å². The van der Waals surface area contributed by atoms with E-state index in [0.717, 1.165) is 5.56 Å². The molecule has 1 aliphatic rings. The van der Waals surface area contributed by atoms with Gasteiger partial charge in [0.05, 0.1) is 12.4 Å². The minimum Gasteiger partial charge on any atom is -0.507 e. The number of oxazole rings is 1. The fourth-order valence-electron chi connectivity index (χ4n) is 4.48. The van der Waals surface area contributed by atoms with Crippen LogP contribution in [0, 0.1) is 19.3 Å². The number of likely N-dealkylation sites (tertiary alicyclic amines) is 1. The number of phenolic OH excluding ortho intramolecular Hbond substituents is 1. The summed E-state index contributed by atoms with van der Waals surface area (Å²) in [5.74, 6) is 1.87. The Kier molecular flexibility index (Phi) is 9.16. The number of nitrogens with zero attached hydrogens (tertiary/aromatic N) is 5. The number of hydrogen-bond donors (Lipinski definition) is 1. The Hall–Kier alpha value is -2.80. The van der Waals surface area contributed by atoms with Gasteiger partial charge in [-0.1, -0.05) is 45.6 Å². The Morgan fingerprint density at radius 1 is 1.03 bits per heavy atom. The zero-order chi connectivity index (χ0) is 24.6. The van der Waals surface area contributed by atoms with Crippen LogP contribution in [0.3, 0.4) is 0 Å². The van der Waals surface area contributed by atoms with Crippen LogP contribution in [-0.4, -0.2) is 50.3 Å². The maximum Gasteiger partial charge on any atom is 0.191 e. The first-order valence-electron chi connectivity index (χ1n) is 12.5. The molecule has 7 heteroatoms. The number of aromatic hydroxyl groups is 1. The molecule has 0 amide bonds. The molecule has 0 saturated carbocycles. The summed E-state index contributed by atoms with van der Waals surface area (Å²) < 4.78 is 5.42. The number of benzene rings is 1. The normalized spacial score (nSPS) is 15.6. The summed E-state index contributed by atoms with van der Waals surface area (Å²) in [5.41, 5.74) is 2.56. The van der Waals surface area contributed by atoms with Crippen LogP contribution in [0.15, 0.2) is 35.0 Å². The molecule has 0 bridgehead atoms. The molecular formula is C27H39N5O2. The second kappa shape index (κ2) is 12.1. The Labute approximate surface area is 203 Å². The van der Waals surface area contributed by atoms with Gasteiger partial charge in [0, 0.05) is 18.1 Å². The van der Waals surface area contributed by atoms with Crippen LogP contribution in [0.1, 0.15) is 70.5 Å². The van der Waals surface area contributed by atoms with Gasteiger partial charge in [0.2, 0.25) is 0 Å². The average Bonchev–Trinajstić information content (AvgIpc) is 3.28. The smallest absolute Gasteiger partial charge is 0.191 e. The Balaban J connectivity index is 0.000000204. The fourth-order valence-corrected chi connectivity index (χ4v) is 4.48. The lowest BCUT2D eigenvalue weighted by atomic mass is 9.72. The maximum absolute atomic E-state index is 10.1. The molecule has 1 saturated heterocycles. The van der Waals surface area contributed by atoms with Crippen molar-refractivity contribution >= 4 is 0 Å². The van der Waals surface area contributed by atoms with Crippen molar-refractivity contribution in [1.29, 1.82) is 0 Å². The largest absolute Gasteiger partial charge is 0.507 e. The molecule has 0 aliphatic carbocycles. The predicted octanol–water partition coefficient (Wildman–Crippen LogP) is 6.20. The molecule has 184 valence electrons. The van der Waals surface area contributed by atoms with Crippen LogP contribution in [0.25, 0.3) is 22.6 Å². The molecule has 7 nitrogen and oxygen atoms in total. The second-order valence-corrected chi connectivity index (χ2v) is 9.48. The van der Waals surface area contributed by atoms with Gasteiger partial charge in [0.25, 0.3) is 0 Å². The third-order valence-electron chi connectivity index (χ3n) is 6.96. The van der Waals surface area contributed by atoms with Crippen LogP contribution in [-0.2, 0) is 0 Å². The summed E-state index contributed by atoms with van der Waals surface area (Å²) in [5, 5.41) is 18.0. The zero-order valence-corrected chi connectivity index (χ0v) is 21.3. The summed E-state index contributed by atoms with van der Waals surface area (Å²) in [6.45, 7) is 10.8. The monoisotopic (exact) mass is 465 g/mol. The first-order valence-corrected chi connectivity index (χ1v) is 12.5. The topological polar surface area (TPSA) is 88.2 Å². The quantitative estimate of drug-likeness (QED) is 0.415. The first kappa shape index (κ1) is 25.8. The average molecular weight is 466 g/mol. The number of phenols is 1. The highest BCUT2D eigenvalue weighted by Crippen LogP contribution is 2.39. The van der Waals surface area contributed by atoms with Gasteiger partial charge in [-0.3, -0.25) is 0 Å². The predicted molar refractivity (Wildman–Crippen MR) is 135 cm³/mol. The van der Waals surface area contributed by atoms with Crippen molar-refractivity contribution < 1.29 is 9.52 Å². The molecule has 0 radical (unpaired) electrons. The van der Waals surface area contributed by atoms with E-state index in [1.165, 1.54) is 58.0 Å². The molecule has 0 spiro atoms. The number of aryl methyl sites for hydroxylation is 2. The van der Waals surface area contributed by atoms with Gasteiger partial charge in [-0.05, 0) is 63.9 Å². The Morgan fingerprint density at radius 2 is 1.79 bits per heavy atom. The molecule has 0 atom stereocenters. The second-order valence-electron chi connectivity index (χ2n) is 9.48. The van der Waals surface area contributed by atoms with Crippen molar-refractivity contribution in [3.8, 4) is 28.3 Å². The highest BCUT2D eigenvalue weighted by molar-refractivity contribution is 5.71. The number of aromatic nitrogens is 4. The molecule has 1 aromatic carbocycles. The SMILES string of the molecule is CCCCCC1(CC)CCN(C)CC1.Cc1ncc(-c2ccc(-c3cnc(C)o3)cc2O)nn1. The number of rotatable bonds is 7. The molecular weight excluding hydrogens is 426 g/mol. The van der Waals surface area contributed by atoms with Crippen LogP contribution in [0.5, 0.6) is 5.75 Å². The van der Waals surface area contributed by atoms with E-state index in [-0.39, 0.29) is 5.75 Å². The van der Waals surface area contributed by atoms with Gasteiger partial charge in [0.15, 0.2) is 11.7 Å². The van der Waals surface area contributed by atoms with Gasteiger partial charge in [0.1, 0.15) is 17.3 Å². The minimum absolute atomic E-state index is 0.0940. The number of piperidine rings is 1. The van der Waals surface area contributed by atoms with E-state index >= 15 is 0 Å². The summed E-state index contributed by atoms with van der Waals surface area (Å²) >= 11 is 0. The van der Waals surface area contributed by atoms with Crippen molar-refractivity contribution in [3.63, 3.8) is 0 Å². The van der Waals surface area contributed by atoms with E-state index in [9.17, 15) is 5.11 Å². The van der Waals surface area contributed by atoms with Gasteiger partial charge in [-0.25, -0.2) is 9.97 Å². The summed E-state index contributed by atoms with van der Waals surface area (Å²) in [4.78, 5) is 10.6. The lowest BCUT2D eigenvalue weighted by molar-refractivity contribution is 0.104. The molecule has 3 aromatic rings. The van der Waals surface area contributed by atoms with E-state index in [4.69, 9.17) is 4.42 Å². The summed E-state index contributed by atoms with van der Waals surface area (Å²) in [6, 6.07) is 5.19. The van der Waals surface area contributed by atoms with E-state index in [1.54, 1.807) is 38.4 Å². The van der Waals surface area contributed by atoms with Crippen molar-refractivity contribution in [3.05, 3.63) is 42.3 Å². The van der Waals surface area contributed by atoms with Crippen LogP contribution < -0.4 is 0 Å². The third-order valence-corrected chi connectivity index (χ3v) is 6.96. The number of hydrogen-bond acceptors (Lipinski definition) is 7. The molecule has 1 N–H and O–H groups in total. The van der Waals surface area contributed by atoms with Gasteiger partial charge in [-0.2, -0.15) is 0 Å². The highest BCUT2D eigenvalue weighted by atomic mass is 16.4. The molecule has 3 heterocycles. The Bertz CT molecular complexity index is 1020. The van der Waals surface area contributed by atoms with E-state index in [0.29, 0.717) is 34.1 Å². The van der Waals surface area contributed by atoms with E-state index in [2.05, 4.69) is 46.0 Å². The van der Waals surface area contributed by atoms with Crippen LogP contribution in [0.4, 0.5) is 0 Å². The van der Waals surface area contributed by atoms with Crippen LogP contribution in [0.2, 0.25) is 0 Å². The van der Waals surface area contributed by atoms with Gasteiger partial charge < -0.3 is 14.4 Å². The van der Waals surface area contributed by atoms with E-state index in [1.807, 2.05) is 6.07 Å². The molecule has 1 fully saturated rings. The minimum atomic E-state index is 0.0940. The first-order chi connectivity index (χ1) is 16.4. The lowest BCUT2D eigenvalue weighted by Crippen LogP contribution is -2.37. The van der Waals surface area contributed by atoms with Crippen LogP contribution >= 0.6 is 0 Å². The fraction of sp³-hybridized carbons (Fsp3) is 0.556. The zero-order valence-electron chi connectivity index (χ0n) is 21.3. The van der Waals surface area contributed by atoms with Crippen molar-refractivity contribution in [1.82, 2.24) is 25.1 Å². The maximum atomic E-state index is 10.1. The molecule has 2 aromatic heterocycles. The lowest BCUT2D eigenvalue weighted by Gasteiger charge is -2.40. The molecule has 4 rings (SSSR count). The van der Waals surface area contributed by atoms with Gasteiger partial charge >= 0.3 is 0 Å². The highest BCUT2D eigenvalue weighted by Gasteiger charge is 2.30.